The highest BCUT2D eigenvalue weighted by atomic mass is 19.1. The summed E-state index contributed by atoms with van der Waals surface area (Å²) in [5.74, 6) is -1.73. The van der Waals surface area contributed by atoms with E-state index in [9.17, 15) is 14.0 Å². The third-order valence-electron chi connectivity index (χ3n) is 4.24. The molecule has 1 heterocycles. The van der Waals surface area contributed by atoms with E-state index in [1.54, 1.807) is 17.9 Å². The predicted octanol–water partition coefficient (Wildman–Crippen LogP) is 2.09. The molecule has 0 saturated carbocycles. The molecule has 2 unspecified atom stereocenters. The van der Waals surface area contributed by atoms with Crippen LogP contribution in [-0.2, 0) is 16.0 Å². The molecule has 22 heavy (non-hydrogen) atoms. The lowest BCUT2D eigenvalue weighted by Crippen LogP contribution is -2.37. The molecule has 1 aromatic carbocycles. The SMILES string of the molecule is COc1ccc(CCC(=O)N2CCC(C(=O)O)C2C)cc1F. The van der Waals surface area contributed by atoms with Crippen molar-refractivity contribution in [1.29, 1.82) is 0 Å². The number of nitrogens with zero attached hydrogens (tertiary/aromatic N) is 1. The summed E-state index contributed by atoms with van der Waals surface area (Å²) in [5.41, 5.74) is 0.716. The van der Waals surface area contributed by atoms with Gasteiger partial charge in [-0.25, -0.2) is 4.39 Å². The Bertz CT molecular complexity index is 575. The first-order valence-corrected chi connectivity index (χ1v) is 7.28. The summed E-state index contributed by atoms with van der Waals surface area (Å²) in [6, 6.07) is 4.33. The molecule has 0 aromatic heterocycles. The van der Waals surface area contributed by atoms with Crippen LogP contribution in [0.4, 0.5) is 4.39 Å². The summed E-state index contributed by atoms with van der Waals surface area (Å²) in [4.78, 5) is 24.9. The number of carbonyl (C=O) groups excluding carboxylic acids is 1. The van der Waals surface area contributed by atoms with E-state index in [0.717, 1.165) is 0 Å². The maximum absolute atomic E-state index is 13.6. The normalized spacial score (nSPS) is 21.0. The molecule has 1 amide bonds. The van der Waals surface area contributed by atoms with E-state index in [1.807, 2.05) is 0 Å². The molecule has 1 aliphatic heterocycles. The Labute approximate surface area is 128 Å². The van der Waals surface area contributed by atoms with Gasteiger partial charge in [0.15, 0.2) is 11.6 Å². The summed E-state index contributed by atoms with van der Waals surface area (Å²) in [6.45, 7) is 2.23. The quantitative estimate of drug-likeness (QED) is 0.904. The molecule has 1 aliphatic rings. The Morgan fingerprint density at radius 3 is 2.73 bits per heavy atom. The molecule has 1 saturated heterocycles. The van der Waals surface area contributed by atoms with Crippen molar-refractivity contribution in [3.05, 3.63) is 29.6 Å². The van der Waals surface area contributed by atoms with Crippen LogP contribution >= 0.6 is 0 Å². The van der Waals surface area contributed by atoms with Crippen molar-refractivity contribution in [2.45, 2.75) is 32.2 Å². The van der Waals surface area contributed by atoms with Crippen LogP contribution in [0.1, 0.15) is 25.3 Å². The van der Waals surface area contributed by atoms with Gasteiger partial charge < -0.3 is 14.7 Å². The molecular formula is C16H20FNO4. The second kappa shape index (κ2) is 6.77. The van der Waals surface area contributed by atoms with Crippen LogP contribution in [0.2, 0.25) is 0 Å². The number of carboxylic acids is 1. The average Bonchev–Trinajstić information content (AvgIpc) is 2.87. The van der Waals surface area contributed by atoms with E-state index in [-0.39, 0.29) is 24.1 Å². The van der Waals surface area contributed by atoms with Crippen LogP contribution < -0.4 is 4.74 Å². The smallest absolute Gasteiger partial charge is 0.308 e. The number of aryl methyl sites for hydroxylation is 1. The number of halogens is 1. The van der Waals surface area contributed by atoms with Crippen LogP contribution in [-0.4, -0.2) is 41.6 Å². The van der Waals surface area contributed by atoms with E-state index in [2.05, 4.69) is 0 Å². The molecular weight excluding hydrogens is 289 g/mol. The molecule has 1 N–H and O–H groups in total. The molecule has 1 fully saturated rings. The molecule has 2 rings (SSSR count). The van der Waals surface area contributed by atoms with Gasteiger partial charge in [-0.05, 0) is 37.5 Å². The van der Waals surface area contributed by atoms with Gasteiger partial charge in [-0.1, -0.05) is 6.07 Å². The second-order valence-corrected chi connectivity index (χ2v) is 5.53. The van der Waals surface area contributed by atoms with Gasteiger partial charge in [-0.3, -0.25) is 9.59 Å². The summed E-state index contributed by atoms with van der Waals surface area (Å²) in [6.07, 6.45) is 1.14. The first-order chi connectivity index (χ1) is 10.4. The predicted molar refractivity (Wildman–Crippen MR) is 78.2 cm³/mol. The van der Waals surface area contributed by atoms with Gasteiger partial charge >= 0.3 is 5.97 Å². The van der Waals surface area contributed by atoms with Crippen molar-refractivity contribution in [2.24, 2.45) is 5.92 Å². The fourth-order valence-corrected chi connectivity index (χ4v) is 2.88. The standard InChI is InChI=1S/C16H20FNO4/c1-10-12(16(20)21)7-8-18(10)15(19)6-4-11-3-5-14(22-2)13(17)9-11/h3,5,9-10,12H,4,6-8H2,1-2H3,(H,20,21). The number of amides is 1. The van der Waals surface area contributed by atoms with Gasteiger partial charge in [0.25, 0.3) is 0 Å². The van der Waals surface area contributed by atoms with Gasteiger partial charge in [0, 0.05) is 19.0 Å². The van der Waals surface area contributed by atoms with Gasteiger partial charge in [0.05, 0.1) is 13.0 Å². The highest BCUT2D eigenvalue weighted by Gasteiger charge is 2.37. The molecule has 5 nitrogen and oxygen atoms in total. The van der Waals surface area contributed by atoms with Crippen molar-refractivity contribution < 1.29 is 23.8 Å². The van der Waals surface area contributed by atoms with E-state index >= 15 is 0 Å². The lowest BCUT2D eigenvalue weighted by Gasteiger charge is -2.23. The third-order valence-corrected chi connectivity index (χ3v) is 4.24. The minimum absolute atomic E-state index is 0.0903. The highest BCUT2D eigenvalue weighted by Crippen LogP contribution is 2.25. The number of aliphatic carboxylic acids is 1. The topological polar surface area (TPSA) is 66.8 Å². The number of carboxylic acid groups (broad SMARTS) is 1. The van der Waals surface area contributed by atoms with Crippen molar-refractivity contribution in [3.63, 3.8) is 0 Å². The first kappa shape index (κ1) is 16.3. The van der Waals surface area contributed by atoms with Crippen LogP contribution in [0.15, 0.2) is 18.2 Å². The lowest BCUT2D eigenvalue weighted by atomic mass is 10.0. The minimum Gasteiger partial charge on any atom is -0.494 e. The zero-order valence-electron chi connectivity index (χ0n) is 12.7. The number of methoxy groups -OCH3 is 1. The van der Waals surface area contributed by atoms with E-state index in [4.69, 9.17) is 9.84 Å². The van der Waals surface area contributed by atoms with Gasteiger partial charge in [-0.15, -0.1) is 0 Å². The summed E-state index contributed by atoms with van der Waals surface area (Å²) >= 11 is 0. The molecule has 0 radical (unpaired) electrons. The first-order valence-electron chi connectivity index (χ1n) is 7.28. The maximum Gasteiger partial charge on any atom is 0.308 e. The molecule has 0 aliphatic carbocycles. The number of ether oxygens (including phenoxy) is 1. The number of likely N-dealkylation sites (tertiary alicyclic amines) is 1. The zero-order chi connectivity index (χ0) is 16.3. The minimum atomic E-state index is -0.861. The Kier molecular flexibility index (Phi) is 5.00. The van der Waals surface area contributed by atoms with Crippen molar-refractivity contribution in [2.75, 3.05) is 13.7 Å². The fraction of sp³-hybridized carbons (Fsp3) is 0.500. The molecule has 6 heteroatoms. The molecule has 0 bridgehead atoms. The Morgan fingerprint density at radius 2 is 2.18 bits per heavy atom. The van der Waals surface area contributed by atoms with Crippen molar-refractivity contribution in [1.82, 2.24) is 4.90 Å². The summed E-state index contributed by atoms with van der Waals surface area (Å²) < 4.78 is 18.4. The fourth-order valence-electron chi connectivity index (χ4n) is 2.88. The Balaban J connectivity index is 1.93. The monoisotopic (exact) mass is 309 g/mol. The average molecular weight is 309 g/mol. The number of benzene rings is 1. The van der Waals surface area contributed by atoms with Crippen LogP contribution in [0.3, 0.4) is 0 Å². The number of carbonyl (C=O) groups is 2. The molecule has 0 spiro atoms. The van der Waals surface area contributed by atoms with Crippen LogP contribution in [0.25, 0.3) is 0 Å². The van der Waals surface area contributed by atoms with Gasteiger partial charge in [0.2, 0.25) is 5.91 Å². The second-order valence-electron chi connectivity index (χ2n) is 5.53. The van der Waals surface area contributed by atoms with Crippen LogP contribution in [0.5, 0.6) is 5.75 Å². The maximum atomic E-state index is 13.6. The van der Waals surface area contributed by atoms with Crippen molar-refractivity contribution in [3.8, 4) is 5.75 Å². The van der Waals surface area contributed by atoms with Crippen LogP contribution in [0, 0.1) is 11.7 Å². The summed E-state index contributed by atoms with van der Waals surface area (Å²) in [7, 11) is 1.40. The summed E-state index contributed by atoms with van der Waals surface area (Å²) in [5, 5.41) is 9.08. The number of hydrogen-bond acceptors (Lipinski definition) is 3. The third kappa shape index (κ3) is 3.37. The van der Waals surface area contributed by atoms with Crippen molar-refractivity contribution >= 4 is 11.9 Å². The highest BCUT2D eigenvalue weighted by molar-refractivity contribution is 5.79. The number of rotatable bonds is 5. The van der Waals surface area contributed by atoms with E-state index < -0.39 is 17.7 Å². The molecule has 120 valence electrons. The largest absolute Gasteiger partial charge is 0.494 e. The van der Waals surface area contributed by atoms with Gasteiger partial charge in [-0.2, -0.15) is 0 Å². The zero-order valence-corrected chi connectivity index (χ0v) is 12.7. The van der Waals surface area contributed by atoms with Gasteiger partial charge in [0.1, 0.15) is 0 Å². The number of hydrogen-bond donors (Lipinski definition) is 1. The van der Waals surface area contributed by atoms with E-state index in [1.165, 1.54) is 19.2 Å². The molecule has 2 atom stereocenters. The van der Waals surface area contributed by atoms with E-state index in [0.29, 0.717) is 24.9 Å². The Hall–Kier alpha value is -2.11. The lowest BCUT2D eigenvalue weighted by molar-refractivity contribution is -0.143. The Morgan fingerprint density at radius 1 is 1.45 bits per heavy atom. The molecule has 1 aromatic rings.